The van der Waals surface area contributed by atoms with Gasteiger partial charge in [0.2, 0.25) is 5.91 Å². The average Bonchev–Trinajstić information content (AvgIpc) is 2.96. The molecule has 0 spiro atoms. The molecule has 2 heterocycles. The zero-order valence-corrected chi connectivity index (χ0v) is 15.9. The van der Waals surface area contributed by atoms with Crippen molar-refractivity contribution in [3.05, 3.63) is 60.2 Å². The Morgan fingerprint density at radius 3 is 2.59 bits per heavy atom. The SMILES string of the molecule is C[C@]1(c2ccccc2)NC(=O)N(CC(=O)NC[C@@H]2COc3ccccc3O2)C1=O. The third-order valence-electron chi connectivity index (χ3n) is 5.02. The fourth-order valence-electron chi connectivity index (χ4n) is 3.40. The molecule has 1 fully saturated rings. The molecule has 8 nitrogen and oxygen atoms in total. The molecule has 1 saturated heterocycles. The fraction of sp³-hybridized carbons (Fsp3) is 0.286. The Hall–Kier alpha value is -3.55. The Morgan fingerprint density at radius 2 is 1.83 bits per heavy atom. The topological polar surface area (TPSA) is 97.0 Å². The standard InChI is InChI=1S/C21H21N3O5/c1-21(14-7-3-2-4-8-14)19(26)24(20(27)23-21)12-18(25)22-11-15-13-28-16-9-5-6-10-17(16)29-15/h2-10,15H,11-13H2,1H3,(H,22,25)(H,23,27)/t15-,21-/m1/s1. The van der Waals surface area contributed by atoms with Gasteiger partial charge in [-0.05, 0) is 24.6 Å². The van der Waals surface area contributed by atoms with Gasteiger partial charge < -0.3 is 20.1 Å². The molecule has 0 radical (unpaired) electrons. The molecule has 0 aliphatic carbocycles. The molecular formula is C21H21N3O5. The first kappa shape index (κ1) is 18.8. The predicted octanol–water partition coefficient (Wildman–Crippen LogP) is 1.41. The van der Waals surface area contributed by atoms with Crippen molar-refractivity contribution < 1.29 is 23.9 Å². The van der Waals surface area contributed by atoms with Crippen LogP contribution in [0.5, 0.6) is 11.5 Å². The normalized spacial score (nSPS) is 22.9. The zero-order valence-electron chi connectivity index (χ0n) is 15.9. The summed E-state index contributed by atoms with van der Waals surface area (Å²) in [5, 5.41) is 5.38. The molecule has 150 valence electrons. The summed E-state index contributed by atoms with van der Waals surface area (Å²) in [4.78, 5) is 38.4. The van der Waals surface area contributed by atoms with Crippen molar-refractivity contribution in [2.45, 2.75) is 18.6 Å². The van der Waals surface area contributed by atoms with E-state index in [0.29, 0.717) is 23.7 Å². The van der Waals surface area contributed by atoms with Crippen molar-refractivity contribution in [2.24, 2.45) is 0 Å². The van der Waals surface area contributed by atoms with Gasteiger partial charge in [0.15, 0.2) is 11.5 Å². The number of benzene rings is 2. The molecule has 29 heavy (non-hydrogen) atoms. The van der Waals surface area contributed by atoms with Crippen LogP contribution in [0.25, 0.3) is 0 Å². The Morgan fingerprint density at radius 1 is 1.14 bits per heavy atom. The zero-order chi connectivity index (χ0) is 20.4. The summed E-state index contributed by atoms with van der Waals surface area (Å²) in [5.74, 6) is 0.364. The molecule has 0 bridgehead atoms. The lowest BCUT2D eigenvalue weighted by atomic mass is 9.92. The number of rotatable bonds is 5. The second-order valence-electron chi connectivity index (χ2n) is 7.11. The lowest BCUT2D eigenvalue weighted by Gasteiger charge is -2.26. The summed E-state index contributed by atoms with van der Waals surface area (Å²) < 4.78 is 11.4. The highest BCUT2D eigenvalue weighted by atomic mass is 16.6. The van der Waals surface area contributed by atoms with Gasteiger partial charge in [0.05, 0.1) is 6.54 Å². The third kappa shape index (κ3) is 3.61. The number of nitrogens with zero attached hydrogens (tertiary/aromatic N) is 1. The van der Waals surface area contributed by atoms with Gasteiger partial charge in [0.1, 0.15) is 24.8 Å². The molecule has 2 aromatic carbocycles. The molecule has 2 atom stereocenters. The van der Waals surface area contributed by atoms with Crippen molar-refractivity contribution in [2.75, 3.05) is 19.7 Å². The molecule has 2 aromatic rings. The van der Waals surface area contributed by atoms with E-state index in [1.165, 1.54) is 0 Å². The van der Waals surface area contributed by atoms with Crippen molar-refractivity contribution in [1.82, 2.24) is 15.5 Å². The molecule has 4 rings (SSSR count). The number of urea groups is 1. The van der Waals surface area contributed by atoms with Gasteiger partial charge >= 0.3 is 6.03 Å². The Balaban J connectivity index is 1.34. The van der Waals surface area contributed by atoms with E-state index in [4.69, 9.17) is 9.47 Å². The van der Waals surface area contributed by atoms with Gasteiger partial charge in [0, 0.05) is 0 Å². The lowest BCUT2D eigenvalue weighted by Crippen LogP contribution is -2.46. The minimum atomic E-state index is -1.19. The van der Waals surface area contributed by atoms with E-state index in [1.54, 1.807) is 37.3 Å². The molecule has 0 unspecified atom stereocenters. The van der Waals surface area contributed by atoms with E-state index in [9.17, 15) is 14.4 Å². The maximum atomic E-state index is 12.8. The lowest BCUT2D eigenvalue weighted by molar-refractivity contribution is -0.134. The molecule has 8 heteroatoms. The quantitative estimate of drug-likeness (QED) is 0.746. The molecule has 2 N–H and O–H groups in total. The predicted molar refractivity (Wildman–Crippen MR) is 103 cm³/mol. The number of ether oxygens (including phenoxy) is 2. The van der Waals surface area contributed by atoms with Gasteiger partial charge in [-0.1, -0.05) is 42.5 Å². The number of fused-ring (bicyclic) bond motifs is 1. The average molecular weight is 395 g/mol. The molecule has 0 aromatic heterocycles. The molecule has 4 amide bonds. The monoisotopic (exact) mass is 395 g/mol. The number of nitrogens with one attached hydrogen (secondary N) is 2. The van der Waals surface area contributed by atoms with E-state index in [1.807, 2.05) is 24.3 Å². The van der Waals surface area contributed by atoms with Crippen LogP contribution in [-0.2, 0) is 15.1 Å². The second kappa shape index (κ2) is 7.46. The maximum absolute atomic E-state index is 12.8. The Bertz CT molecular complexity index is 948. The smallest absolute Gasteiger partial charge is 0.325 e. The van der Waals surface area contributed by atoms with Gasteiger partial charge in [-0.2, -0.15) is 0 Å². The van der Waals surface area contributed by atoms with Crippen LogP contribution in [0.4, 0.5) is 4.79 Å². The van der Waals surface area contributed by atoms with Crippen LogP contribution in [0.2, 0.25) is 0 Å². The minimum Gasteiger partial charge on any atom is -0.486 e. The van der Waals surface area contributed by atoms with Gasteiger partial charge in [-0.3, -0.25) is 14.5 Å². The first-order valence-electron chi connectivity index (χ1n) is 9.32. The Labute approximate surface area is 167 Å². The molecule has 2 aliphatic rings. The summed E-state index contributed by atoms with van der Waals surface area (Å²) in [6.07, 6.45) is -0.355. The number of amides is 4. The number of imide groups is 1. The van der Waals surface area contributed by atoms with Gasteiger partial charge in [-0.15, -0.1) is 0 Å². The summed E-state index contributed by atoms with van der Waals surface area (Å²) >= 11 is 0. The highest BCUT2D eigenvalue weighted by Crippen LogP contribution is 2.31. The first-order chi connectivity index (χ1) is 14.0. The first-order valence-corrected chi connectivity index (χ1v) is 9.32. The van der Waals surface area contributed by atoms with Crippen LogP contribution in [0.15, 0.2) is 54.6 Å². The van der Waals surface area contributed by atoms with Crippen molar-refractivity contribution in [3.8, 4) is 11.5 Å². The van der Waals surface area contributed by atoms with Crippen molar-refractivity contribution >= 4 is 17.8 Å². The van der Waals surface area contributed by atoms with E-state index < -0.39 is 23.4 Å². The highest BCUT2D eigenvalue weighted by molar-refractivity contribution is 6.09. The van der Waals surface area contributed by atoms with Crippen LogP contribution in [-0.4, -0.2) is 48.5 Å². The molecule has 0 saturated carbocycles. The van der Waals surface area contributed by atoms with Crippen LogP contribution < -0.4 is 20.1 Å². The summed E-state index contributed by atoms with van der Waals surface area (Å²) in [6, 6.07) is 15.6. The van der Waals surface area contributed by atoms with Crippen molar-refractivity contribution in [3.63, 3.8) is 0 Å². The summed E-state index contributed by atoms with van der Waals surface area (Å²) in [7, 11) is 0. The Kier molecular flexibility index (Phi) is 4.84. The number of hydrogen-bond donors (Lipinski definition) is 2. The van der Waals surface area contributed by atoms with Crippen molar-refractivity contribution in [1.29, 1.82) is 0 Å². The van der Waals surface area contributed by atoms with Crippen LogP contribution in [0.1, 0.15) is 12.5 Å². The number of carbonyl (C=O) groups is 3. The number of para-hydroxylation sites is 2. The number of hydrogen-bond acceptors (Lipinski definition) is 5. The summed E-state index contributed by atoms with van der Waals surface area (Å²) in [6.45, 7) is 1.77. The second-order valence-corrected chi connectivity index (χ2v) is 7.11. The largest absolute Gasteiger partial charge is 0.486 e. The molecule has 2 aliphatic heterocycles. The van der Waals surface area contributed by atoms with Gasteiger partial charge in [-0.25, -0.2) is 4.79 Å². The van der Waals surface area contributed by atoms with Crippen LogP contribution in [0.3, 0.4) is 0 Å². The van der Waals surface area contributed by atoms with E-state index in [-0.39, 0.29) is 19.2 Å². The van der Waals surface area contributed by atoms with E-state index in [2.05, 4.69) is 10.6 Å². The summed E-state index contributed by atoms with van der Waals surface area (Å²) in [5.41, 5.74) is -0.532. The number of carbonyl (C=O) groups excluding carboxylic acids is 3. The van der Waals surface area contributed by atoms with Gasteiger partial charge in [0.25, 0.3) is 5.91 Å². The van der Waals surface area contributed by atoms with Crippen LogP contribution >= 0.6 is 0 Å². The fourth-order valence-corrected chi connectivity index (χ4v) is 3.40. The highest BCUT2D eigenvalue weighted by Gasteiger charge is 2.49. The third-order valence-corrected chi connectivity index (χ3v) is 5.02. The van der Waals surface area contributed by atoms with E-state index >= 15 is 0 Å². The molecular weight excluding hydrogens is 374 g/mol. The van der Waals surface area contributed by atoms with Crippen LogP contribution in [0, 0.1) is 0 Å². The maximum Gasteiger partial charge on any atom is 0.325 e. The minimum absolute atomic E-state index is 0.201. The van der Waals surface area contributed by atoms with E-state index in [0.717, 1.165) is 4.90 Å².